The number of aromatic nitrogens is 4. The first-order valence-electron chi connectivity index (χ1n) is 11.6. The van der Waals surface area contributed by atoms with E-state index in [-0.39, 0.29) is 19.0 Å². The number of benzene rings is 1. The van der Waals surface area contributed by atoms with Crippen molar-refractivity contribution >= 4 is 17.0 Å². The second-order valence-corrected chi connectivity index (χ2v) is 8.75. The Morgan fingerprint density at radius 1 is 1.08 bits per heavy atom. The summed E-state index contributed by atoms with van der Waals surface area (Å²) in [6.07, 6.45) is 6.52. The maximum atomic E-state index is 11.8. The normalized spacial score (nSPS) is 11.9. The molecule has 5 aromatic rings. The van der Waals surface area contributed by atoms with E-state index in [2.05, 4.69) is 33.9 Å². The van der Waals surface area contributed by atoms with Crippen molar-refractivity contribution < 1.29 is 14.4 Å². The van der Waals surface area contributed by atoms with Crippen molar-refractivity contribution in [1.29, 1.82) is 0 Å². The highest BCUT2D eigenvalue weighted by atomic mass is 16.5. The van der Waals surface area contributed by atoms with Crippen LogP contribution in [0.2, 0.25) is 0 Å². The van der Waals surface area contributed by atoms with Gasteiger partial charge in [-0.25, -0.2) is 4.79 Å². The van der Waals surface area contributed by atoms with Gasteiger partial charge in [-0.15, -0.1) is 0 Å². The highest BCUT2D eigenvalue weighted by Crippen LogP contribution is 2.37. The average Bonchev–Trinajstić information content (AvgIpc) is 3.39. The number of carboxylic acids is 1. The molecule has 0 aliphatic rings. The van der Waals surface area contributed by atoms with Gasteiger partial charge >= 0.3 is 5.97 Å². The van der Waals surface area contributed by atoms with Crippen molar-refractivity contribution in [2.24, 2.45) is 0 Å². The van der Waals surface area contributed by atoms with E-state index in [9.17, 15) is 9.90 Å². The molecule has 7 nitrogen and oxygen atoms in total. The molecule has 1 atom stereocenters. The topological polar surface area (TPSA) is 94.0 Å². The van der Waals surface area contributed by atoms with Gasteiger partial charge in [0.25, 0.3) is 0 Å². The number of nitrogens with zero attached hydrogens (tertiary/aromatic N) is 4. The van der Waals surface area contributed by atoms with E-state index < -0.39 is 5.97 Å². The van der Waals surface area contributed by atoms with E-state index in [1.165, 1.54) is 0 Å². The highest BCUT2D eigenvalue weighted by Gasteiger charge is 2.22. The molecule has 1 aromatic carbocycles. The second-order valence-electron chi connectivity index (χ2n) is 8.75. The zero-order valence-electron chi connectivity index (χ0n) is 20.1. The molecule has 0 saturated heterocycles. The smallest absolute Gasteiger partial charge is 0.335 e. The van der Waals surface area contributed by atoms with Crippen LogP contribution in [-0.2, 0) is 0 Å². The number of aryl methyl sites for hydroxylation is 3. The van der Waals surface area contributed by atoms with Gasteiger partial charge in [0, 0.05) is 35.3 Å². The van der Waals surface area contributed by atoms with Gasteiger partial charge in [-0.1, -0.05) is 37.7 Å². The number of pyridine rings is 2. The quantitative estimate of drug-likeness (QED) is 0.280. The van der Waals surface area contributed by atoms with Gasteiger partial charge < -0.3 is 14.2 Å². The lowest BCUT2D eigenvalue weighted by molar-refractivity contribution is 0.0696. The summed E-state index contributed by atoms with van der Waals surface area (Å²) in [5.74, 6) is -0.204. The van der Waals surface area contributed by atoms with E-state index in [0.717, 1.165) is 62.4 Å². The van der Waals surface area contributed by atoms with Gasteiger partial charge in [0.1, 0.15) is 5.76 Å². The van der Waals surface area contributed by atoms with Crippen LogP contribution in [0.15, 0.2) is 65.6 Å². The molecule has 4 aromatic heterocycles. The summed E-state index contributed by atoms with van der Waals surface area (Å²) in [4.78, 5) is 21.3. The third-order valence-electron chi connectivity index (χ3n) is 6.52. The first kappa shape index (κ1) is 24.9. The Morgan fingerprint density at radius 3 is 2.53 bits per heavy atom. The van der Waals surface area contributed by atoms with Crippen molar-refractivity contribution in [3.8, 4) is 22.3 Å². The Bertz CT molecular complexity index is 1530. The molecule has 0 fully saturated rings. The summed E-state index contributed by atoms with van der Waals surface area (Å²) >= 11 is 0. The fourth-order valence-electron chi connectivity index (χ4n) is 4.77. The van der Waals surface area contributed by atoms with Gasteiger partial charge in [-0.05, 0) is 62.6 Å². The van der Waals surface area contributed by atoms with Gasteiger partial charge in [-0.2, -0.15) is 0 Å². The third kappa shape index (κ3) is 4.17. The van der Waals surface area contributed by atoms with E-state index in [1.807, 2.05) is 50.4 Å². The number of hydrogen-bond acceptors (Lipinski definition) is 5. The summed E-state index contributed by atoms with van der Waals surface area (Å²) in [5.41, 5.74) is 8.05. The Balaban J connectivity index is 0.00000304. The first-order chi connectivity index (χ1) is 16.9. The van der Waals surface area contributed by atoms with Crippen LogP contribution in [0.4, 0.5) is 0 Å². The van der Waals surface area contributed by atoms with Gasteiger partial charge in [0.05, 0.1) is 34.0 Å². The second kappa shape index (κ2) is 9.77. The van der Waals surface area contributed by atoms with Gasteiger partial charge in [0.2, 0.25) is 0 Å². The molecule has 0 bridgehead atoms. The maximum Gasteiger partial charge on any atom is 0.335 e. The summed E-state index contributed by atoms with van der Waals surface area (Å²) in [6.45, 7) is 7.75. The van der Waals surface area contributed by atoms with Crippen LogP contribution in [0.3, 0.4) is 0 Å². The highest BCUT2D eigenvalue weighted by molar-refractivity contribution is 5.97. The van der Waals surface area contributed by atoms with Gasteiger partial charge in [-0.3, -0.25) is 9.97 Å². The predicted octanol–water partition coefficient (Wildman–Crippen LogP) is 7.01. The molecule has 36 heavy (non-hydrogen) atoms. The minimum atomic E-state index is -0.943. The van der Waals surface area contributed by atoms with Crippen LogP contribution in [-0.4, -0.2) is 30.8 Å². The van der Waals surface area contributed by atoms with Crippen LogP contribution in [0.25, 0.3) is 33.3 Å². The number of carbonyl (C=O) groups is 1. The molecule has 0 aliphatic heterocycles. The van der Waals surface area contributed by atoms with Crippen molar-refractivity contribution in [3.05, 3.63) is 89.3 Å². The molecule has 0 aliphatic carbocycles. The lowest BCUT2D eigenvalue weighted by atomic mass is 10.0. The lowest BCUT2D eigenvalue weighted by Gasteiger charge is -2.18. The molecule has 0 unspecified atom stereocenters. The van der Waals surface area contributed by atoms with Crippen LogP contribution in [0.1, 0.15) is 59.9 Å². The maximum absolute atomic E-state index is 11.8. The Hall–Kier alpha value is -4.26. The van der Waals surface area contributed by atoms with E-state index in [4.69, 9.17) is 9.51 Å². The fourth-order valence-corrected chi connectivity index (χ4v) is 4.77. The zero-order chi connectivity index (χ0) is 24.7. The van der Waals surface area contributed by atoms with E-state index in [1.54, 1.807) is 19.2 Å². The van der Waals surface area contributed by atoms with Crippen molar-refractivity contribution in [2.45, 2.75) is 47.6 Å². The Kier molecular flexibility index (Phi) is 6.75. The molecule has 1 N–H and O–H groups in total. The number of aromatic carboxylic acids is 1. The molecule has 0 amide bonds. The average molecular weight is 483 g/mol. The summed E-state index contributed by atoms with van der Waals surface area (Å²) in [7, 11) is 0. The first-order valence-corrected chi connectivity index (χ1v) is 11.6. The van der Waals surface area contributed by atoms with Crippen LogP contribution in [0.5, 0.6) is 0 Å². The number of fused-ring (bicyclic) bond motifs is 1. The standard InChI is InChI=1S/C28H26N4O3.CH4/c1-5-24(23-8-6-7-11-29-23)32-15-22(19-10-9-16(2)21(12-19)28(33)34)27-25(32)13-20(14-30-27)26-17(3)31-35-18(26)4;/h6-15,24H,5H2,1-4H3,(H,33,34);1H4/t24-;/m0./s1. The molecular weight excluding hydrogens is 452 g/mol. The summed E-state index contributed by atoms with van der Waals surface area (Å²) in [6, 6.07) is 13.5. The molecular formula is C29H30N4O3. The molecule has 7 heteroatoms. The summed E-state index contributed by atoms with van der Waals surface area (Å²) in [5, 5.41) is 13.8. The zero-order valence-corrected chi connectivity index (χ0v) is 20.1. The van der Waals surface area contributed by atoms with E-state index >= 15 is 0 Å². The van der Waals surface area contributed by atoms with Crippen molar-refractivity contribution in [1.82, 2.24) is 19.7 Å². The minimum absolute atomic E-state index is 0. The molecule has 0 radical (unpaired) electrons. The lowest BCUT2D eigenvalue weighted by Crippen LogP contribution is -2.10. The SMILES string of the molecule is C.CC[C@@H](c1ccccn1)n1cc(-c2ccc(C)c(C(=O)O)c2)c2ncc(-c3c(C)noc3C)cc21. The molecule has 184 valence electrons. The molecule has 4 heterocycles. The molecule has 5 rings (SSSR count). The van der Waals surface area contributed by atoms with Crippen molar-refractivity contribution in [3.63, 3.8) is 0 Å². The number of rotatable bonds is 6. The molecule has 0 spiro atoms. The van der Waals surface area contributed by atoms with Crippen LogP contribution in [0, 0.1) is 20.8 Å². The third-order valence-corrected chi connectivity index (χ3v) is 6.52. The largest absolute Gasteiger partial charge is 0.478 e. The van der Waals surface area contributed by atoms with Crippen LogP contribution >= 0.6 is 0 Å². The Morgan fingerprint density at radius 2 is 1.89 bits per heavy atom. The number of carboxylic acid groups (broad SMARTS) is 1. The Labute approximate surface area is 210 Å². The minimum Gasteiger partial charge on any atom is -0.478 e. The van der Waals surface area contributed by atoms with Gasteiger partial charge in [0.15, 0.2) is 0 Å². The van der Waals surface area contributed by atoms with Crippen molar-refractivity contribution in [2.75, 3.05) is 0 Å². The van der Waals surface area contributed by atoms with E-state index in [0.29, 0.717) is 0 Å². The molecule has 0 saturated carbocycles. The number of hydrogen-bond donors (Lipinski definition) is 1. The fraction of sp³-hybridized carbons (Fsp3) is 0.241. The summed E-state index contributed by atoms with van der Waals surface area (Å²) < 4.78 is 7.60. The monoisotopic (exact) mass is 482 g/mol. The predicted molar refractivity (Wildman–Crippen MR) is 141 cm³/mol. The van der Waals surface area contributed by atoms with Crippen LogP contribution < -0.4 is 0 Å².